The van der Waals surface area contributed by atoms with Gasteiger partial charge in [-0.25, -0.2) is 0 Å². The Bertz CT molecular complexity index is 105. The Hall–Kier alpha value is 2.43. The van der Waals surface area contributed by atoms with E-state index in [0.29, 0.717) is 0 Å². The van der Waals surface area contributed by atoms with Crippen LogP contribution in [0.25, 0.3) is 0 Å². The van der Waals surface area contributed by atoms with E-state index in [1.807, 2.05) is 0 Å². The summed E-state index contributed by atoms with van der Waals surface area (Å²) in [5.74, 6) is 0.428. The predicted octanol–water partition coefficient (Wildman–Crippen LogP) is 4.06. The SMILES string of the molecule is ClC[CH](Cl)[Pt]([Cl])([Cl])[CH](Cl)CCl. The monoisotopic (exact) mass is 459 g/mol. The summed E-state index contributed by atoms with van der Waals surface area (Å²) in [5, 5.41) is 0. The van der Waals surface area contributed by atoms with Crippen LogP contribution in [-0.4, -0.2) is 19.3 Å². The maximum absolute atomic E-state index is 5.95. The molecule has 0 rings (SSSR count). The summed E-state index contributed by atoms with van der Waals surface area (Å²) in [4.78, 5) is 0. The molecule has 0 nitrogen and oxygen atoms in total. The van der Waals surface area contributed by atoms with Crippen molar-refractivity contribution in [1.29, 1.82) is 0 Å². The Morgan fingerprint density at radius 1 is 0.909 bits per heavy atom. The zero-order chi connectivity index (χ0) is 9.07. The van der Waals surface area contributed by atoms with Crippen molar-refractivity contribution in [1.82, 2.24) is 0 Å². The number of hydrogen-bond acceptors (Lipinski definition) is 0. The van der Waals surface area contributed by atoms with E-state index in [2.05, 4.69) is 0 Å². The van der Waals surface area contributed by atoms with Crippen LogP contribution in [0.5, 0.6) is 0 Å². The first-order valence-electron chi connectivity index (χ1n) is 2.39. The Kier molecular flexibility index (Phi) is 7.34. The average Bonchev–Trinajstić information content (AvgIpc) is 2.01. The molecule has 0 aliphatic rings. The molecule has 11 heavy (non-hydrogen) atoms. The Morgan fingerprint density at radius 3 is 1.36 bits per heavy atom. The second-order valence-corrected chi connectivity index (χ2v) is 18.3. The first-order valence-corrected chi connectivity index (χ1v) is 12.6. The molecule has 0 aliphatic heterocycles. The summed E-state index contributed by atoms with van der Waals surface area (Å²) in [6.07, 6.45) is 0. The summed E-state index contributed by atoms with van der Waals surface area (Å²) in [6, 6.07) is 0. The summed E-state index contributed by atoms with van der Waals surface area (Å²) in [5.41, 5.74) is 0. The molecule has 0 aromatic rings. The van der Waals surface area contributed by atoms with E-state index in [0.717, 1.165) is 0 Å². The van der Waals surface area contributed by atoms with Crippen LogP contribution in [0, 0.1) is 0 Å². The number of hydrogen-bond donors (Lipinski definition) is 0. The topological polar surface area (TPSA) is 0 Å². The molecule has 0 radical (unpaired) electrons. The van der Waals surface area contributed by atoms with Gasteiger partial charge in [-0.3, -0.25) is 0 Å². The molecule has 0 aromatic heterocycles. The summed E-state index contributed by atoms with van der Waals surface area (Å²) >= 11 is 19.4. The molecule has 0 N–H and O–H groups in total. The summed E-state index contributed by atoms with van der Waals surface area (Å²) in [7, 11) is 11.9. The van der Waals surface area contributed by atoms with Gasteiger partial charge in [0, 0.05) is 0 Å². The van der Waals surface area contributed by atoms with Crippen LogP contribution >= 0.6 is 65.2 Å². The van der Waals surface area contributed by atoms with Crippen LogP contribution in [0.3, 0.4) is 0 Å². The van der Waals surface area contributed by atoms with Gasteiger partial charge in [-0.1, -0.05) is 0 Å². The molecule has 0 aromatic carbocycles. The number of alkyl halides is 4. The molecular weight excluding hydrogens is 456 g/mol. The molecule has 2 unspecified atom stereocenters. The molecule has 74 valence electrons. The van der Waals surface area contributed by atoms with Crippen LogP contribution in [0.2, 0.25) is 0 Å². The molecule has 0 saturated carbocycles. The van der Waals surface area contributed by atoms with Crippen LogP contribution < -0.4 is 0 Å². The van der Waals surface area contributed by atoms with E-state index < -0.39 is 21.5 Å². The molecule has 2 atom stereocenters. The molecule has 0 fully saturated rings. The quantitative estimate of drug-likeness (QED) is 0.554. The molecule has 0 aliphatic carbocycles. The minimum absolute atomic E-state index is 0.214. The molecule has 0 heterocycles. The summed E-state index contributed by atoms with van der Waals surface area (Å²) < 4.78 is -0.845. The molecule has 0 amide bonds. The second-order valence-electron chi connectivity index (χ2n) is 1.44. The van der Waals surface area contributed by atoms with Crippen molar-refractivity contribution in [3.8, 4) is 0 Å². The fraction of sp³-hybridized carbons (Fsp3) is 1.00. The van der Waals surface area contributed by atoms with E-state index in [1.54, 1.807) is 0 Å². The third kappa shape index (κ3) is 3.98. The molecule has 0 saturated heterocycles. The van der Waals surface area contributed by atoms with Crippen molar-refractivity contribution in [2.45, 2.75) is 7.53 Å². The predicted molar refractivity (Wildman–Crippen MR) is 52.4 cm³/mol. The van der Waals surface area contributed by atoms with Crippen molar-refractivity contribution >= 4 is 65.2 Å². The third-order valence-electron chi connectivity index (χ3n) is 0.742. The summed E-state index contributed by atoms with van der Waals surface area (Å²) in [6.45, 7) is 0. The van der Waals surface area contributed by atoms with E-state index in [-0.39, 0.29) is 11.8 Å². The molecule has 7 heteroatoms. The van der Waals surface area contributed by atoms with Crippen molar-refractivity contribution in [3.63, 3.8) is 0 Å². The Balaban J connectivity index is 4.18. The fourth-order valence-electron chi connectivity index (χ4n) is 0.254. The van der Waals surface area contributed by atoms with Crippen LogP contribution in [-0.2, 0) is 14.0 Å². The van der Waals surface area contributed by atoms with Crippen molar-refractivity contribution in [3.05, 3.63) is 0 Å². The van der Waals surface area contributed by atoms with Gasteiger partial charge >= 0.3 is 98.5 Å². The number of rotatable bonds is 4. The fourth-order valence-corrected chi connectivity index (χ4v) is 9.74. The maximum atomic E-state index is 5.95. The van der Waals surface area contributed by atoms with E-state index >= 15 is 0 Å². The van der Waals surface area contributed by atoms with Crippen LogP contribution in [0.1, 0.15) is 0 Å². The average molecular weight is 462 g/mol. The van der Waals surface area contributed by atoms with Crippen LogP contribution in [0.4, 0.5) is 0 Å². The molecule has 0 bridgehead atoms. The first-order chi connectivity index (χ1) is 4.96. The zero-order valence-corrected chi connectivity index (χ0v) is 12.0. The van der Waals surface area contributed by atoms with Gasteiger partial charge in [-0.2, -0.15) is 0 Å². The minimum atomic E-state index is -3.13. The molecular formula is C4H6Cl6Pt. The van der Waals surface area contributed by atoms with Gasteiger partial charge < -0.3 is 0 Å². The van der Waals surface area contributed by atoms with Crippen LogP contribution in [0.15, 0.2) is 0 Å². The van der Waals surface area contributed by atoms with Gasteiger partial charge in [0.1, 0.15) is 0 Å². The number of halogens is 6. The van der Waals surface area contributed by atoms with Gasteiger partial charge in [0.15, 0.2) is 0 Å². The Labute approximate surface area is 97.5 Å². The third-order valence-corrected chi connectivity index (χ3v) is 19.1. The van der Waals surface area contributed by atoms with Gasteiger partial charge in [0.25, 0.3) is 0 Å². The zero-order valence-electron chi connectivity index (χ0n) is 5.15. The second kappa shape index (κ2) is 6.01. The van der Waals surface area contributed by atoms with E-state index in [1.165, 1.54) is 0 Å². The Morgan fingerprint density at radius 2 is 1.18 bits per heavy atom. The van der Waals surface area contributed by atoms with Crippen molar-refractivity contribution < 1.29 is 14.0 Å². The van der Waals surface area contributed by atoms with E-state index in [4.69, 9.17) is 65.2 Å². The van der Waals surface area contributed by atoms with Gasteiger partial charge in [-0.05, 0) is 0 Å². The standard InChI is InChI=1S/2C2H3Cl2.2ClH.Pt/c2*3-1-2-4;;;/h2*1H,2H2;2*1H;/q;;;;+2/p-2. The van der Waals surface area contributed by atoms with E-state index in [9.17, 15) is 0 Å². The van der Waals surface area contributed by atoms with Crippen molar-refractivity contribution in [2.75, 3.05) is 11.8 Å². The normalized spacial score (nSPS) is 19.5. The van der Waals surface area contributed by atoms with Crippen molar-refractivity contribution in [2.24, 2.45) is 0 Å². The molecule has 0 spiro atoms. The van der Waals surface area contributed by atoms with Gasteiger partial charge in [0.2, 0.25) is 0 Å². The first kappa shape index (κ1) is 13.4. The van der Waals surface area contributed by atoms with Gasteiger partial charge in [0.05, 0.1) is 0 Å². The van der Waals surface area contributed by atoms with Gasteiger partial charge in [-0.15, -0.1) is 0 Å².